The molecule has 1 unspecified atom stereocenters. The second-order valence-electron chi connectivity index (χ2n) is 5.06. The van der Waals surface area contributed by atoms with Gasteiger partial charge < -0.3 is 15.7 Å². The highest BCUT2D eigenvalue weighted by Gasteiger charge is 2.17. The van der Waals surface area contributed by atoms with Gasteiger partial charge in [0.05, 0.1) is 0 Å². The molecule has 20 heavy (non-hydrogen) atoms. The lowest BCUT2D eigenvalue weighted by Crippen LogP contribution is -2.39. The zero-order chi connectivity index (χ0) is 15.0. The third kappa shape index (κ3) is 5.31. The smallest absolute Gasteiger partial charge is 0.325 e. The first kappa shape index (κ1) is 16.0. The number of aliphatic carboxylic acids is 1. The number of nitriles is 1. The molecule has 3 N–H and O–H groups in total. The predicted molar refractivity (Wildman–Crippen MR) is 73.6 cm³/mol. The number of rotatable bonds is 5. The van der Waals surface area contributed by atoms with Gasteiger partial charge in [0.15, 0.2) is 0 Å². The van der Waals surface area contributed by atoms with Crippen molar-refractivity contribution in [2.75, 3.05) is 0 Å². The van der Waals surface area contributed by atoms with Crippen LogP contribution in [0.1, 0.15) is 45.4 Å². The number of hydrogen-bond acceptors (Lipinski definition) is 4. The van der Waals surface area contributed by atoms with Crippen molar-refractivity contribution in [2.24, 2.45) is 0 Å². The molecule has 0 aliphatic heterocycles. The number of amides is 1. The normalized spacial score (nSPS) is 18.5. The van der Waals surface area contributed by atoms with Crippen molar-refractivity contribution in [1.29, 1.82) is 5.26 Å². The lowest BCUT2D eigenvalue weighted by atomic mass is 10.1. The van der Waals surface area contributed by atoms with Crippen LogP contribution in [-0.2, 0) is 9.59 Å². The van der Waals surface area contributed by atoms with E-state index in [4.69, 9.17) is 10.4 Å². The molecule has 0 heterocycles. The summed E-state index contributed by atoms with van der Waals surface area (Å²) in [6.45, 7) is 1.36. The van der Waals surface area contributed by atoms with Crippen molar-refractivity contribution < 1.29 is 14.7 Å². The van der Waals surface area contributed by atoms with Gasteiger partial charge >= 0.3 is 5.97 Å². The van der Waals surface area contributed by atoms with Gasteiger partial charge in [0.25, 0.3) is 5.91 Å². The molecule has 0 saturated heterocycles. The Balaban J connectivity index is 2.55. The molecule has 1 amide bonds. The third-order valence-corrected chi connectivity index (χ3v) is 3.40. The van der Waals surface area contributed by atoms with Crippen LogP contribution in [0.25, 0.3) is 0 Å². The van der Waals surface area contributed by atoms with Gasteiger partial charge in [0.2, 0.25) is 0 Å². The number of carboxylic acid groups (broad SMARTS) is 1. The van der Waals surface area contributed by atoms with Crippen molar-refractivity contribution in [1.82, 2.24) is 10.6 Å². The van der Waals surface area contributed by atoms with E-state index in [1.54, 1.807) is 6.07 Å². The number of carbonyl (C=O) groups excluding carboxylic acids is 1. The summed E-state index contributed by atoms with van der Waals surface area (Å²) in [7, 11) is 0. The van der Waals surface area contributed by atoms with Crippen LogP contribution in [-0.4, -0.2) is 29.1 Å². The Labute approximate surface area is 118 Å². The molecule has 0 aromatic heterocycles. The first-order valence-electron chi connectivity index (χ1n) is 6.94. The van der Waals surface area contributed by atoms with E-state index in [-0.39, 0.29) is 11.6 Å². The van der Waals surface area contributed by atoms with Crippen molar-refractivity contribution in [3.05, 3.63) is 11.8 Å². The second-order valence-corrected chi connectivity index (χ2v) is 5.06. The van der Waals surface area contributed by atoms with E-state index in [9.17, 15) is 9.59 Å². The molecule has 6 heteroatoms. The molecule has 1 fully saturated rings. The number of carbonyl (C=O) groups is 2. The van der Waals surface area contributed by atoms with E-state index in [0.29, 0.717) is 0 Å². The van der Waals surface area contributed by atoms with Gasteiger partial charge in [-0.1, -0.05) is 25.7 Å². The molecule has 0 spiro atoms. The summed E-state index contributed by atoms with van der Waals surface area (Å²) in [6, 6.07) is 1.06. The molecule has 1 aliphatic carbocycles. The fourth-order valence-electron chi connectivity index (χ4n) is 2.13. The zero-order valence-corrected chi connectivity index (χ0v) is 11.7. The monoisotopic (exact) mass is 279 g/mol. The van der Waals surface area contributed by atoms with E-state index in [1.807, 2.05) is 0 Å². The standard InChI is InChI=1S/C14H21N3O3/c1-10(14(19)20)17-13(18)11(8-15)9-16-12-6-4-2-3-5-7-12/h9-10,12,16H,2-7H2,1H3,(H,17,18)(H,19,20)/b11-9-. The Kier molecular flexibility index (Phi) is 6.57. The average molecular weight is 279 g/mol. The van der Waals surface area contributed by atoms with Crippen LogP contribution in [0.3, 0.4) is 0 Å². The van der Waals surface area contributed by atoms with Crippen LogP contribution < -0.4 is 10.6 Å². The molecule has 0 aromatic rings. The average Bonchev–Trinajstić information content (AvgIpc) is 2.67. The van der Waals surface area contributed by atoms with Crippen LogP contribution in [0, 0.1) is 11.3 Å². The molecule has 1 saturated carbocycles. The molecule has 1 rings (SSSR count). The lowest BCUT2D eigenvalue weighted by Gasteiger charge is -2.15. The topological polar surface area (TPSA) is 102 Å². The van der Waals surface area contributed by atoms with Crippen molar-refractivity contribution in [3.63, 3.8) is 0 Å². The van der Waals surface area contributed by atoms with E-state index < -0.39 is 17.9 Å². The Morgan fingerprint density at radius 3 is 2.40 bits per heavy atom. The Hall–Kier alpha value is -2.03. The Morgan fingerprint density at radius 1 is 1.30 bits per heavy atom. The predicted octanol–water partition coefficient (Wildman–Crippen LogP) is 1.30. The maximum absolute atomic E-state index is 11.7. The van der Waals surface area contributed by atoms with E-state index in [2.05, 4.69) is 10.6 Å². The molecule has 1 aliphatic rings. The molecular weight excluding hydrogens is 258 g/mol. The van der Waals surface area contributed by atoms with Crippen molar-refractivity contribution in [3.8, 4) is 6.07 Å². The molecule has 0 aromatic carbocycles. The fourth-order valence-corrected chi connectivity index (χ4v) is 2.13. The summed E-state index contributed by atoms with van der Waals surface area (Å²) < 4.78 is 0. The van der Waals surface area contributed by atoms with Crippen LogP contribution >= 0.6 is 0 Å². The first-order chi connectivity index (χ1) is 9.54. The Bertz CT molecular complexity index is 418. The summed E-state index contributed by atoms with van der Waals surface area (Å²) in [4.78, 5) is 22.4. The molecule has 110 valence electrons. The van der Waals surface area contributed by atoms with Gasteiger partial charge in [-0.05, 0) is 19.8 Å². The highest BCUT2D eigenvalue weighted by atomic mass is 16.4. The van der Waals surface area contributed by atoms with Crippen LogP contribution in [0.4, 0.5) is 0 Å². The highest BCUT2D eigenvalue weighted by molar-refractivity contribution is 5.99. The fraction of sp³-hybridized carbons (Fsp3) is 0.643. The third-order valence-electron chi connectivity index (χ3n) is 3.40. The molecule has 6 nitrogen and oxygen atoms in total. The van der Waals surface area contributed by atoms with E-state index in [0.717, 1.165) is 25.7 Å². The summed E-state index contributed by atoms with van der Waals surface area (Å²) in [5.41, 5.74) is -0.0950. The summed E-state index contributed by atoms with van der Waals surface area (Å²) in [5.74, 6) is -1.80. The van der Waals surface area contributed by atoms with Gasteiger partial charge in [0, 0.05) is 12.2 Å². The molecular formula is C14H21N3O3. The highest BCUT2D eigenvalue weighted by Crippen LogP contribution is 2.17. The quantitative estimate of drug-likeness (QED) is 0.400. The largest absolute Gasteiger partial charge is 0.480 e. The zero-order valence-electron chi connectivity index (χ0n) is 11.7. The number of carboxylic acids is 1. The number of nitrogens with zero attached hydrogens (tertiary/aromatic N) is 1. The van der Waals surface area contributed by atoms with Gasteiger partial charge in [-0.3, -0.25) is 9.59 Å². The van der Waals surface area contributed by atoms with Gasteiger partial charge in [0.1, 0.15) is 17.7 Å². The second kappa shape index (κ2) is 8.20. The SMILES string of the molecule is CC(NC(=O)/C(C#N)=C\NC1CCCCCC1)C(=O)O. The number of nitrogens with one attached hydrogen (secondary N) is 2. The summed E-state index contributed by atoms with van der Waals surface area (Å²) >= 11 is 0. The van der Waals surface area contributed by atoms with Gasteiger partial charge in [-0.2, -0.15) is 5.26 Å². The Morgan fingerprint density at radius 2 is 1.90 bits per heavy atom. The minimum atomic E-state index is -1.13. The van der Waals surface area contributed by atoms with Crippen LogP contribution in [0.5, 0.6) is 0 Å². The minimum absolute atomic E-state index is 0.0950. The van der Waals surface area contributed by atoms with Crippen LogP contribution in [0.2, 0.25) is 0 Å². The molecule has 0 bridgehead atoms. The van der Waals surface area contributed by atoms with E-state index in [1.165, 1.54) is 26.0 Å². The number of hydrogen-bond donors (Lipinski definition) is 3. The maximum Gasteiger partial charge on any atom is 0.325 e. The molecule has 0 radical (unpaired) electrons. The van der Waals surface area contributed by atoms with Crippen molar-refractivity contribution in [2.45, 2.75) is 57.5 Å². The summed E-state index contributed by atoms with van der Waals surface area (Å²) in [5, 5.41) is 23.0. The van der Waals surface area contributed by atoms with Gasteiger partial charge in [-0.25, -0.2) is 0 Å². The lowest BCUT2D eigenvalue weighted by molar-refractivity contribution is -0.140. The van der Waals surface area contributed by atoms with Gasteiger partial charge in [-0.15, -0.1) is 0 Å². The van der Waals surface area contributed by atoms with Crippen molar-refractivity contribution >= 4 is 11.9 Å². The first-order valence-corrected chi connectivity index (χ1v) is 6.94. The minimum Gasteiger partial charge on any atom is -0.480 e. The summed E-state index contributed by atoms with van der Waals surface area (Å²) in [6.07, 6.45) is 8.21. The maximum atomic E-state index is 11.7. The van der Waals surface area contributed by atoms with E-state index >= 15 is 0 Å². The van der Waals surface area contributed by atoms with Crippen LogP contribution in [0.15, 0.2) is 11.8 Å². The molecule has 1 atom stereocenters.